The van der Waals surface area contributed by atoms with Crippen molar-refractivity contribution < 1.29 is 27.1 Å². The van der Waals surface area contributed by atoms with Gasteiger partial charge in [0.1, 0.15) is 5.82 Å². The maximum absolute atomic E-state index is 14.6. The highest BCUT2D eigenvalue weighted by atomic mass is 19.4. The van der Waals surface area contributed by atoms with E-state index < -0.39 is 29.6 Å². The molecule has 0 spiro atoms. The smallest absolute Gasteiger partial charge is 0.421 e. The molecule has 0 bridgehead atoms. The maximum Gasteiger partial charge on any atom is 0.449 e. The fourth-order valence-electron chi connectivity index (χ4n) is 3.71. The molecule has 6 heteroatoms. The van der Waals surface area contributed by atoms with Gasteiger partial charge in [-0.05, 0) is 43.0 Å². The summed E-state index contributed by atoms with van der Waals surface area (Å²) in [6.45, 7) is 3.56. The first-order valence-corrected chi connectivity index (χ1v) is 12.1. The molecule has 0 amide bonds. The topological polar surface area (TPSA) is 26.3 Å². The van der Waals surface area contributed by atoms with Crippen LogP contribution in [-0.4, -0.2) is 12.1 Å². The molecule has 2 rings (SSSR count). The monoisotopic (exact) mass is 478 g/mol. The number of carbonyl (C=O) groups is 1. The quantitative estimate of drug-likeness (QED) is 0.124. The van der Waals surface area contributed by atoms with E-state index in [9.17, 15) is 22.4 Å². The number of benzene rings is 2. The Morgan fingerprint density at radius 2 is 1.56 bits per heavy atom. The van der Waals surface area contributed by atoms with E-state index in [1.165, 1.54) is 44.4 Å². The van der Waals surface area contributed by atoms with Crippen molar-refractivity contribution in [3.63, 3.8) is 0 Å². The summed E-state index contributed by atoms with van der Waals surface area (Å²) in [6.07, 6.45) is 4.62. The highest BCUT2D eigenvalue weighted by molar-refractivity contribution is 5.79. The number of rotatable bonds is 13. The second kappa shape index (κ2) is 13.9. The second-order valence-corrected chi connectivity index (χ2v) is 8.58. The van der Waals surface area contributed by atoms with Crippen LogP contribution in [0.2, 0.25) is 0 Å². The van der Waals surface area contributed by atoms with E-state index in [0.717, 1.165) is 31.8 Å². The summed E-state index contributed by atoms with van der Waals surface area (Å²) < 4.78 is 59.5. The highest BCUT2D eigenvalue weighted by Gasteiger charge is 2.38. The normalized spacial score (nSPS) is 13.1. The number of hydrogen-bond acceptors (Lipinski definition) is 2. The standard InChI is InChI=1S/C28H34F4O2/c1-3-4-5-6-7-8-9-10-14-17-26(28(30,31)32)34-27(33)21(2)23-18-19-24(25(29)20-23)22-15-12-11-13-16-22/h11-13,15-21H,3-10,14H2,1-2H3/b26-17+. The molecule has 0 heterocycles. The largest absolute Gasteiger partial charge is 0.449 e. The minimum Gasteiger partial charge on any atom is -0.421 e. The van der Waals surface area contributed by atoms with Crippen molar-refractivity contribution in [2.24, 2.45) is 0 Å². The number of ether oxygens (including phenoxy) is 1. The Balaban J connectivity index is 1.94. The predicted octanol–water partition coefficient (Wildman–Crippen LogP) is 9.12. The summed E-state index contributed by atoms with van der Waals surface area (Å²) in [5.74, 6) is -3.96. The average Bonchev–Trinajstić information content (AvgIpc) is 2.81. The number of carbonyl (C=O) groups excluding carboxylic acids is 1. The second-order valence-electron chi connectivity index (χ2n) is 8.58. The summed E-state index contributed by atoms with van der Waals surface area (Å²) in [7, 11) is 0. The molecule has 0 aliphatic heterocycles. The third-order valence-electron chi connectivity index (χ3n) is 5.81. The van der Waals surface area contributed by atoms with Gasteiger partial charge in [-0.15, -0.1) is 0 Å². The zero-order valence-corrected chi connectivity index (χ0v) is 20.0. The molecule has 0 saturated heterocycles. The molecule has 0 N–H and O–H groups in total. The van der Waals surface area contributed by atoms with Gasteiger partial charge in [-0.1, -0.05) is 94.3 Å². The summed E-state index contributed by atoms with van der Waals surface area (Å²) in [5, 5.41) is 0. The summed E-state index contributed by atoms with van der Waals surface area (Å²) in [5.41, 5.74) is 1.28. The fourth-order valence-corrected chi connectivity index (χ4v) is 3.71. The Hall–Kier alpha value is -2.63. The third-order valence-corrected chi connectivity index (χ3v) is 5.81. The van der Waals surface area contributed by atoms with Crippen molar-refractivity contribution in [3.05, 3.63) is 71.7 Å². The van der Waals surface area contributed by atoms with E-state index in [-0.39, 0.29) is 12.0 Å². The Bertz CT molecular complexity index is 920. The molecule has 0 aromatic heterocycles. The first-order valence-electron chi connectivity index (χ1n) is 12.1. The van der Waals surface area contributed by atoms with Crippen LogP contribution in [0, 0.1) is 5.82 Å². The fraction of sp³-hybridized carbons (Fsp3) is 0.464. The lowest BCUT2D eigenvalue weighted by atomic mass is 9.97. The van der Waals surface area contributed by atoms with Gasteiger partial charge in [-0.2, -0.15) is 13.2 Å². The van der Waals surface area contributed by atoms with Gasteiger partial charge in [0, 0.05) is 5.56 Å². The maximum atomic E-state index is 14.6. The minimum absolute atomic E-state index is 0.186. The van der Waals surface area contributed by atoms with Crippen LogP contribution in [0.3, 0.4) is 0 Å². The van der Waals surface area contributed by atoms with Crippen molar-refractivity contribution >= 4 is 5.97 Å². The number of halogens is 4. The van der Waals surface area contributed by atoms with E-state index >= 15 is 0 Å². The van der Waals surface area contributed by atoms with E-state index in [1.807, 2.05) is 6.07 Å². The van der Waals surface area contributed by atoms with E-state index in [1.54, 1.807) is 24.3 Å². The first-order chi connectivity index (χ1) is 16.2. The van der Waals surface area contributed by atoms with Crippen LogP contribution < -0.4 is 0 Å². The summed E-state index contributed by atoms with van der Waals surface area (Å²) in [4.78, 5) is 12.4. The number of esters is 1. The molecule has 34 heavy (non-hydrogen) atoms. The molecule has 2 aromatic rings. The lowest BCUT2D eigenvalue weighted by Gasteiger charge is -2.16. The molecule has 0 fully saturated rings. The molecule has 1 atom stereocenters. The lowest BCUT2D eigenvalue weighted by Crippen LogP contribution is -2.21. The molecule has 2 aromatic carbocycles. The van der Waals surface area contributed by atoms with Crippen LogP contribution in [-0.2, 0) is 9.53 Å². The van der Waals surface area contributed by atoms with Crippen LogP contribution in [0.1, 0.15) is 83.1 Å². The van der Waals surface area contributed by atoms with Gasteiger partial charge >= 0.3 is 12.1 Å². The zero-order chi connectivity index (χ0) is 25.0. The first kappa shape index (κ1) is 27.6. The molecule has 2 nitrogen and oxygen atoms in total. The van der Waals surface area contributed by atoms with Crippen LogP contribution >= 0.6 is 0 Å². The molecule has 0 radical (unpaired) electrons. The van der Waals surface area contributed by atoms with Crippen molar-refractivity contribution in [2.75, 3.05) is 0 Å². The van der Waals surface area contributed by atoms with Gasteiger partial charge in [0.15, 0.2) is 0 Å². The number of hydrogen-bond donors (Lipinski definition) is 0. The molecule has 186 valence electrons. The van der Waals surface area contributed by atoms with Gasteiger partial charge in [0.2, 0.25) is 5.76 Å². The predicted molar refractivity (Wildman–Crippen MR) is 128 cm³/mol. The third kappa shape index (κ3) is 8.96. The lowest BCUT2D eigenvalue weighted by molar-refractivity contribution is -0.161. The highest BCUT2D eigenvalue weighted by Crippen LogP contribution is 2.31. The van der Waals surface area contributed by atoms with Crippen molar-refractivity contribution in [3.8, 4) is 11.1 Å². The minimum atomic E-state index is -4.77. The summed E-state index contributed by atoms with van der Waals surface area (Å²) >= 11 is 0. The van der Waals surface area contributed by atoms with Gasteiger partial charge in [0.25, 0.3) is 0 Å². The molecule has 0 aliphatic carbocycles. The SMILES string of the molecule is CCCCCCCCCC/C=C(/OC(=O)C(C)c1ccc(-c2ccccc2)c(F)c1)C(F)(F)F. The zero-order valence-electron chi connectivity index (χ0n) is 20.0. The molecule has 0 saturated carbocycles. The number of allylic oxidation sites excluding steroid dienone is 2. The molecular formula is C28H34F4O2. The van der Waals surface area contributed by atoms with Gasteiger partial charge in [-0.25, -0.2) is 4.39 Å². The molecule has 0 aliphatic rings. The Morgan fingerprint density at radius 1 is 0.941 bits per heavy atom. The number of unbranched alkanes of at least 4 members (excludes halogenated alkanes) is 8. The van der Waals surface area contributed by atoms with Crippen molar-refractivity contribution in [1.82, 2.24) is 0 Å². The van der Waals surface area contributed by atoms with Crippen molar-refractivity contribution in [1.29, 1.82) is 0 Å². The average molecular weight is 479 g/mol. The molecular weight excluding hydrogens is 444 g/mol. The Morgan fingerprint density at radius 3 is 2.15 bits per heavy atom. The summed E-state index contributed by atoms with van der Waals surface area (Å²) in [6, 6.07) is 13.1. The van der Waals surface area contributed by atoms with E-state index in [4.69, 9.17) is 4.74 Å². The van der Waals surface area contributed by atoms with Gasteiger partial charge < -0.3 is 4.74 Å². The van der Waals surface area contributed by atoms with E-state index in [0.29, 0.717) is 17.5 Å². The molecule has 1 unspecified atom stereocenters. The van der Waals surface area contributed by atoms with Crippen LogP contribution in [0.25, 0.3) is 11.1 Å². The Kier molecular flexibility index (Phi) is 11.3. The van der Waals surface area contributed by atoms with Crippen LogP contribution in [0.5, 0.6) is 0 Å². The number of alkyl halides is 3. The van der Waals surface area contributed by atoms with Crippen LogP contribution in [0.4, 0.5) is 17.6 Å². The van der Waals surface area contributed by atoms with E-state index in [2.05, 4.69) is 6.92 Å². The van der Waals surface area contributed by atoms with Crippen molar-refractivity contribution in [2.45, 2.75) is 83.7 Å². The van der Waals surface area contributed by atoms with Crippen LogP contribution in [0.15, 0.2) is 60.4 Å². The van der Waals surface area contributed by atoms with Gasteiger partial charge in [0.05, 0.1) is 5.92 Å². The van der Waals surface area contributed by atoms with Gasteiger partial charge in [-0.3, -0.25) is 4.79 Å². The Labute approximate surface area is 200 Å².